The van der Waals surface area contributed by atoms with E-state index in [1.54, 1.807) is 6.20 Å². The zero-order valence-electron chi connectivity index (χ0n) is 7.26. The molecule has 1 aromatic heterocycles. The third-order valence-electron chi connectivity index (χ3n) is 2.11. The van der Waals surface area contributed by atoms with E-state index < -0.39 is 0 Å². The number of nitrogen functional groups attached to an aromatic ring is 1. The number of hydrogen-bond donors (Lipinski definition) is 2. The van der Waals surface area contributed by atoms with Crippen LogP contribution in [0.1, 0.15) is 18.4 Å². The molecule has 0 spiro atoms. The van der Waals surface area contributed by atoms with Crippen molar-refractivity contribution in [3.05, 3.63) is 22.8 Å². The van der Waals surface area contributed by atoms with E-state index in [9.17, 15) is 0 Å². The van der Waals surface area contributed by atoms with Crippen LogP contribution < -0.4 is 11.1 Å². The van der Waals surface area contributed by atoms with Gasteiger partial charge in [0.25, 0.3) is 0 Å². The van der Waals surface area contributed by atoms with E-state index in [0.717, 1.165) is 12.1 Å². The molecule has 0 bridgehead atoms. The highest BCUT2D eigenvalue weighted by atomic mass is 35.5. The van der Waals surface area contributed by atoms with Gasteiger partial charge in [-0.2, -0.15) is 0 Å². The lowest BCUT2D eigenvalue weighted by Crippen LogP contribution is -2.15. The molecule has 0 aromatic carbocycles. The zero-order valence-corrected chi connectivity index (χ0v) is 8.01. The summed E-state index contributed by atoms with van der Waals surface area (Å²) in [6, 6.07) is 2.50. The summed E-state index contributed by atoms with van der Waals surface area (Å²) in [6.45, 7) is 0.788. The van der Waals surface area contributed by atoms with Crippen LogP contribution in [-0.4, -0.2) is 11.0 Å². The molecular weight excluding hydrogens is 186 g/mol. The molecule has 1 aliphatic rings. The molecule has 0 atom stereocenters. The minimum absolute atomic E-state index is 0.525. The largest absolute Gasteiger partial charge is 0.384 e. The van der Waals surface area contributed by atoms with E-state index >= 15 is 0 Å². The molecule has 1 fully saturated rings. The van der Waals surface area contributed by atoms with Crippen molar-refractivity contribution in [2.24, 2.45) is 0 Å². The summed E-state index contributed by atoms with van der Waals surface area (Å²) in [6.07, 6.45) is 4.15. The molecule has 13 heavy (non-hydrogen) atoms. The van der Waals surface area contributed by atoms with Crippen LogP contribution in [-0.2, 0) is 6.54 Å². The van der Waals surface area contributed by atoms with Crippen molar-refractivity contribution < 1.29 is 0 Å². The van der Waals surface area contributed by atoms with E-state index in [0.29, 0.717) is 16.9 Å². The lowest BCUT2D eigenvalue weighted by molar-refractivity contribution is 0.687. The quantitative estimate of drug-likeness (QED) is 0.774. The van der Waals surface area contributed by atoms with E-state index in [1.807, 2.05) is 6.07 Å². The average molecular weight is 198 g/mol. The first-order valence-electron chi connectivity index (χ1n) is 4.39. The molecule has 0 amide bonds. The summed E-state index contributed by atoms with van der Waals surface area (Å²) in [7, 11) is 0. The van der Waals surface area contributed by atoms with Crippen LogP contribution in [0.2, 0.25) is 5.02 Å². The topological polar surface area (TPSA) is 50.9 Å². The minimum Gasteiger partial charge on any atom is -0.384 e. The number of hydrogen-bond acceptors (Lipinski definition) is 3. The van der Waals surface area contributed by atoms with Crippen molar-refractivity contribution in [2.75, 3.05) is 5.73 Å². The Hall–Kier alpha value is -0.800. The molecule has 1 aliphatic carbocycles. The lowest BCUT2D eigenvalue weighted by Gasteiger charge is -2.05. The Morgan fingerprint density at radius 2 is 2.38 bits per heavy atom. The number of nitrogens with one attached hydrogen (secondary N) is 1. The second-order valence-corrected chi connectivity index (χ2v) is 3.76. The molecule has 2 rings (SSSR count). The van der Waals surface area contributed by atoms with Crippen LogP contribution in [0.4, 0.5) is 5.82 Å². The summed E-state index contributed by atoms with van der Waals surface area (Å²) in [5.41, 5.74) is 6.58. The monoisotopic (exact) mass is 197 g/mol. The van der Waals surface area contributed by atoms with Gasteiger partial charge < -0.3 is 11.1 Å². The molecule has 3 nitrogen and oxygen atoms in total. The third-order valence-corrected chi connectivity index (χ3v) is 2.45. The molecule has 0 unspecified atom stereocenters. The molecule has 0 saturated heterocycles. The van der Waals surface area contributed by atoms with E-state index in [-0.39, 0.29) is 0 Å². The van der Waals surface area contributed by atoms with Crippen molar-refractivity contribution in [2.45, 2.75) is 25.4 Å². The fourth-order valence-corrected chi connectivity index (χ4v) is 1.35. The summed E-state index contributed by atoms with van der Waals surface area (Å²) < 4.78 is 0. The maximum Gasteiger partial charge on any atom is 0.123 e. The maximum absolute atomic E-state index is 5.94. The van der Waals surface area contributed by atoms with Gasteiger partial charge in [0.05, 0.1) is 5.02 Å². The van der Waals surface area contributed by atoms with E-state index in [1.165, 1.54) is 12.8 Å². The van der Waals surface area contributed by atoms with Gasteiger partial charge >= 0.3 is 0 Å². The molecule has 1 aromatic rings. The predicted molar refractivity (Wildman–Crippen MR) is 53.5 cm³/mol. The minimum atomic E-state index is 0.525. The first-order valence-corrected chi connectivity index (χ1v) is 4.77. The molecule has 4 heteroatoms. The first kappa shape index (κ1) is 8.78. The highest BCUT2D eigenvalue weighted by Gasteiger charge is 2.20. The Balaban J connectivity index is 2.03. The van der Waals surface area contributed by atoms with Crippen molar-refractivity contribution in [1.29, 1.82) is 0 Å². The van der Waals surface area contributed by atoms with Gasteiger partial charge in [-0.05, 0) is 24.5 Å². The first-order chi connectivity index (χ1) is 6.25. The summed E-state index contributed by atoms with van der Waals surface area (Å²) in [4.78, 5) is 3.90. The molecule has 1 heterocycles. The van der Waals surface area contributed by atoms with Gasteiger partial charge in [0.1, 0.15) is 5.82 Å². The van der Waals surface area contributed by atoms with Crippen LogP contribution >= 0.6 is 11.6 Å². The van der Waals surface area contributed by atoms with Gasteiger partial charge in [-0.1, -0.05) is 11.6 Å². The molecular formula is C9H12ClN3. The second-order valence-electron chi connectivity index (χ2n) is 3.36. The Morgan fingerprint density at radius 1 is 1.62 bits per heavy atom. The summed E-state index contributed by atoms with van der Waals surface area (Å²) >= 11 is 5.94. The molecule has 0 aliphatic heterocycles. The lowest BCUT2D eigenvalue weighted by atomic mass is 10.2. The number of aromatic nitrogens is 1. The SMILES string of the molecule is Nc1cc(CNC2CC2)c(Cl)cn1. The van der Waals surface area contributed by atoms with Crippen LogP contribution in [0.25, 0.3) is 0 Å². The van der Waals surface area contributed by atoms with Crippen molar-refractivity contribution in [1.82, 2.24) is 10.3 Å². The molecule has 70 valence electrons. The van der Waals surface area contributed by atoms with Crippen molar-refractivity contribution in [3.8, 4) is 0 Å². The van der Waals surface area contributed by atoms with Gasteiger partial charge in [0, 0.05) is 18.8 Å². The standard InChI is InChI=1S/C9H12ClN3/c10-8-5-13-9(11)3-6(8)4-12-7-1-2-7/h3,5,7,12H,1-2,4H2,(H2,11,13). The number of rotatable bonds is 3. The fourth-order valence-electron chi connectivity index (χ4n) is 1.18. The predicted octanol–water partition coefficient (Wildman–Crippen LogP) is 1.57. The Bertz CT molecular complexity index is 310. The maximum atomic E-state index is 5.94. The molecule has 1 saturated carbocycles. The van der Waals surface area contributed by atoms with E-state index in [2.05, 4.69) is 10.3 Å². The highest BCUT2D eigenvalue weighted by molar-refractivity contribution is 6.31. The number of nitrogens with zero attached hydrogens (tertiary/aromatic N) is 1. The van der Waals surface area contributed by atoms with Crippen LogP contribution in [0.5, 0.6) is 0 Å². The normalized spacial score (nSPS) is 16.1. The summed E-state index contributed by atoms with van der Waals surface area (Å²) in [5, 5.41) is 4.06. The Kier molecular flexibility index (Phi) is 2.38. The van der Waals surface area contributed by atoms with Gasteiger partial charge in [-0.25, -0.2) is 4.98 Å². The average Bonchev–Trinajstić information content (AvgIpc) is 2.90. The zero-order chi connectivity index (χ0) is 9.26. The number of pyridine rings is 1. The van der Waals surface area contributed by atoms with Crippen LogP contribution in [0.3, 0.4) is 0 Å². The van der Waals surface area contributed by atoms with Gasteiger partial charge in [0.2, 0.25) is 0 Å². The summed E-state index contributed by atoms with van der Waals surface area (Å²) in [5.74, 6) is 0.525. The number of anilines is 1. The smallest absolute Gasteiger partial charge is 0.123 e. The number of nitrogens with two attached hydrogens (primary N) is 1. The van der Waals surface area contributed by atoms with Crippen LogP contribution in [0.15, 0.2) is 12.3 Å². The van der Waals surface area contributed by atoms with Gasteiger partial charge in [0.15, 0.2) is 0 Å². The molecule has 0 radical (unpaired) electrons. The van der Waals surface area contributed by atoms with Crippen molar-refractivity contribution in [3.63, 3.8) is 0 Å². The van der Waals surface area contributed by atoms with Gasteiger partial charge in [-0.3, -0.25) is 0 Å². The fraction of sp³-hybridized carbons (Fsp3) is 0.444. The molecule has 3 N–H and O–H groups in total. The Morgan fingerprint density at radius 3 is 3.08 bits per heavy atom. The highest BCUT2D eigenvalue weighted by Crippen LogP contribution is 2.21. The number of halogens is 1. The van der Waals surface area contributed by atoms with Crippen molar-refractivity contribution >= 4 is 17.4 Å². The Labute approximate surface area is 82.3 Å². The second kappa shape index (κ2) is 3.52. The van der Waals surface area contributed by atoms with Gasteiger partial charge in [-0.15, -0.1) is 0 Å². The third kappa shape index (κ3) is 2.32. The van der Waals surface area contributed by atoms with E-state index in [4.69, 9.17) is 17.3 Å². The van der Waals surface area contributed by atoms with Crippen LogP contribution in [0, 0.1) is 0 Å².